The fraction of sp³-hybridized carbons (Fsp3) is 0.233. The van der Waals surface area contributed by atoms with Crippen molar-refractivity contribution >= 4 is 40.2 Å². The third kappa shape index (κ3) is 7.98. The number of ether oxygens (including phenoxy) is 2. The van der Waals surface area contributed by atoms with E-state index in [0.29, 0.717) is 16.9 Å². The summed E-state index contributed by atoms with van der Waals surface area (Å²) in [6.45, 7) is 3.84. The first-order valence-corrected chi connectivity index (χ1v) is 14.6. The second kappa shape index (κ2) is 13.4. The molecule has 0 unspecified atom stereocenters. The predicted octanol–water partition coefficient (Wildman–Crippen LogP) is 6.81. The third-order valence-corrected chi connectivity index (χ3v) is 7.34. The molecule has 0 saturated carbocycles. The molecule has 1 aliphatic rings. The van der Waals surface area contributed by atoms with Crippen molar-refractivity contribution in [2.24, 2.45) is 4.99 Å². The number of nitrogens with zero attached hydrogens (tertiary/aromatic N) is 5. The van der Waals surface area contributed by atoms with Gasteiger partial charge in [0.15, 0.2) is 5.17 Å². The molecule has 0 atom stereocenters. The van der Waals surface area contributed by atoms with Crippen molar-refractivity contribution in [2.75, 3.05) is 16.0 Å². The summed E-state index contributed by atoms with van der Waals surface area (Å²) in [4.78, 5) is 35.0. The van der Waals surface area contributed by atoms with Gasteiger partial charge in [0, 0.05) is 0 Å². The fourth-order valence-corrected chi connectivity index (χ4v) is 5.27. The largest absolute Gasteiger partial charge is 0.573 e. The summed E-state index contributed by atoms with van der Waals surface area (Å²) in [5, 5.41) is 6.74. The zero-order chi connectivity index (χ0) is 32.1. The molecule has 10 nitrogen and oxygen atoms in total. The summed E-state index contributed by atoms with van der Waals surface area (Å²) in [5.41, 5.74) is 3.31. The minimum Gasteiger partial charge on any atom is -0.458 e. The number of rotatable bonds is 9. The average Bonchev–Trinajstić information content (AvgIpc) is 3.60. The van der Waals surface area contributed by atoms with E-state index in [2.05, 4.69) is 25.1 Å². The number of hydrogen-bond acceptors (Lipinski definition) is 7. The molecule has 5 rings (SSSR count). The number of aryl methyl sites for hydroxylation is 2. The Morgan fingerprint density at radius 1 is 1.11 bits per heavy atom. The number of urea groups is 1. The van der Waals surface area contributed by atoms with Crippen LogP contribution in [0.5, 0.6) is 11.8 Å². The van der Waals surface area contributed by atoms with E-state index >= 15 is 0 Å². The molecule has 234 valence electrons. The number of amides is 3. The lowest BCUT2D eigenvalue weighted by Gasteiger charge is -2.20. The Bertz CT molecular complexity index is 1740. The van der Waals surface area contributed by atoms with Crippen LogP contribution in [-0.2, 0) is 17.8 Å². The highest BCUT2D eigenvalue weighted by atomic mass is 32.2. The van der Waals surface area contributed by atoms with Gasteiger partial charge in [0.05, 0.1) is 22.8 Å². The Balaban J connectivity index is 1.21. The molecule has 45 heavy (non-hydrogen) atoms. The highest BCUT2D eigenvalue weighted by molar-refractivity contribution is 8.15. The average molecular weight is 643 g/mol. The molecule has 2 heterocycles. The number of alkyl halides is 3. The van der Waals surface area contributed by atoms with Gasteiger partial charge in [-0.3, -0.25) is 9.69 Å². The van der Waals surface area contributed by atoms with Crippen LogP contribution in [0, 0.1) is 12.7 Å². The number of aliphatic imine (C=N–C) groups is 1. The topological polar surface area (TPSA) is 111 Å². The van der Waals surface area contributed by atoms with Gasteiger partial charge < -0.3 is 14.8 Å². The van der Waals surface area contributed by atoms with Crippen LogP contribution in [0.4, 0.5) is 33.7 Å². The number of aromatic nitrogens is 3. The van der Waals surface area contributed by atoms with Crippen LogP contribution in [0.3, 0.4) is 0 Å². The molecule has 0 aliphatic carbocycles. The molecule has 0 radical (unpaired) electrons. The first-order valence-electron chi connectivity index (χ1n) is 13.6. The van der Waals surface area contributed by atoms with Gasteiger partial charge in [0.25, 0.3) is 0 Å². The van der Waals surface area contributed by atoms with Crippen LogP contribution < -0.4 is 19.7 Å². The maximum absolute atomic E-state index is 14.9. The second-order valence-corrected chi connectivity index (χ2v) is 10.8. The number of amidine groups is 1. The Morgan fingerprint density at radius 2 is 1.89 bits per heavy atom. The van der Waals surface area contributed by atoms with Crippen molar-refractivity contribution in [3.8, 4) is 17.4 Å². The smallest absolute Gasteiger partial charge is 0.458 e. The molecule has 3 aromatic carbocycles. The molecule has 0 spiro atoms. The zero-order valence-electron chi connectivity index (χ0n) is 24.0. The fourth-order valence-electron chi connectivity index (χ4n) is 4.41. The van der Waals surface area contributed by atoms with E-state index in [1.54, 1.807) is 0 Å². The summed E-state index contributed by atoms with van der Waals surface area (Å²) in [6, 6.07) is 14.0. The molecular weight excluding hydrogens is 616 g/mol. The Labute approximate surface area is 259 Å². The molecule has 3 amide bonds. The summed E-state index contributed by atoms with van der Waals surface area (Å²) in [6.07, 6.45) is -1.87. The number of hydrogen-bond donors (Lipinski definition) is 1. The lowest BCUT2D eigenvalue weighted by atomic mass is 10.0. The number of benzene rings is 3. The monoisotopic (exact) mass is 642 g/mol. The van der Waals surface area contributed by atoms with Gasteiger partial charge in [-0.05, 0) is 72.5 Å². The van der Waals surface area contributed by atoms with E-state index in [9.17, 15) is 27.2 Å². The van der Waals surface area contributed by atoms with Crippen molar-refractivity contribution in [2.45, 2.75) is 39.7 Å². The summed E-state index contributed by atoms with van der Waals surface area (Å²) >= 11 is 1.13. The normalized spacial score (nSPS) is 14.2. The summed E-state index contributed by atoms with van der Waals surface area (Å²) in [7, 11) is 0. The Hall–Kier alpha value is -4.92. The molecular formula is C30H26F4N6O4S. The lowest BCUT2D eigenvalue weighted by Crippen LogP contribution is -2.31. The molecule has 15 heteroatoms. The lowest BCUT2D eigenvalue weighted by molar-refractivity contribution is -0.274. The zero-order valence-corrected chi connectivity index (χ0v) is 24.8. The molecule has 1 saturated heterocycles. The van der Waals surface area contributed by atoms with E-state index in [1.165, 1.54) is 46.2 Å². The van der Waals surface area contributed by atoms with Gasteiger partial charge in [-0.15, -0.1) is 18.3 Å². The van der Waals surface area contributed by atoms with Crippen LogP contribution in [0.15, 0.2) is 72.0 Å². The Morgan fingerprint density at radius 3 is 2.60 bits per heavy atom. The number of thioether (sulfide) groups is 1. The van der Waals surface area contributed by atoms with Crippen LogP contribution in [-0.4, -0.2) is 44.0 Å². The molecule has 1 aromatic heterocycles. The molecule has 1 fully saturated rings. The van der Waals surface area contributed by atoms with Crippen LogP contribution in [0.1, 0.15) is 30.0 Å². The number of halogens is 4. The highest BCUT2D eigenvalue weighted by Crippen LogP contribution is 2.32. The number of anilines is 2. The molecule has 4 aromatic rings. The standard InChI is InChI=1S/C30H26F4N6O4S/c1-3-4-20-7-5-18(2)13-25(20)40-26(41)16-45-29(40)37-27(42)36-24-12-6-19(14-23(24)31)15-43-28-35-17-39(38-28)21-8-10-22(11-9-21)44-30(32,33)34/h5-14,17H,3-4,15-16H2,1-2H3,(H,36,42)/b37-29-. The van der Waals surface area contributed by atoms with Crippen molar-refractivity contribution in [1.82, 2.24) is 14.8 Å². The minimum atomic E-state index is -4.80. The first-order chi connectivity index (χ1) is 21.5. The van der Waals surface area contributed by atoms with Crippen LogP contribution in [0.25, 0.3) is 5.69 Å². The first kappa shape index (κ1) is 31.5. The summed E-state index contributed by atoms with van der Waals surface area (Å²) < 4.78 is 62.6. The van der Waals surface area contributed by atoms with E-state index in [-0.39, 0.29) is 40.9 Å². The van der Waals surface area contributed by atoms with Crippen molar-refractivity contribution in [3.05, 3.63) is 89.5 Å². The molecule has 0 bridgehead atoms. The maximum Gasteiger partial charge on any atom is 0.573 e. The number of carbonyl (C=O) groups excluding carboxylic acids is 2. The third-order valence-electron chi connectivity index (χ3n) is 6.41. The van der Waals surface area contributed by atoms with Gasteiger partial charge in [-0.1, -0.05) is 43.3 Å². The van der Waals surface area contributed by atoms with Crippen LogP contribution >= 0.6 is 11.8 Å². The predicted molar refractivity (Wildman–Crippen MR) is 160 cm³/mol. The van der Waals surface area contributed by atoms with Gasteiger partial charge >= 0.3 is 18.4 Å². The van der Waals surface area contributed by atoms with Gasteiger partial charge in [-0.2, -0.15) is 9.98 Å². The number of carbonyl (C=O) groups is 2. The quantitative estimate of drug-likeness (QED) is 0.200. The van der Waals surface area contributed by atoms with Crippen LogP contribution in [0.2, 0.25) is 0 Å². The van der Waals surface area contributed by atoms with Crippen molar-refractivity contribution in [1.29, 1.82) is 0 Å². The highest BCUT2D eigenvalue weighted by Gasteiger charge is 2.32. The maximum atomic E-state index is 14.9. The molecule has 1 N–H and O–H groups in total. The minimum absolute atomic E-state index is 0.0527. The van der Waals surface area contributed by atoms with Gasteiger partial charge in [0.1, 0.15) is 24.5 Å². The summed E-state index contributed by atoms with van der Waals surface area (Å²) in [5.74, 6) is -1.18. The van der Waals surface area contributed by atoms with E-state index in [4.69, 9.17) is 4.74 Å². The Kier molecular flexibility index (Phi) is 9.37. The van der Waals surface area contributed by atoms with E-state index < -0.39 is 18.2 Å². The van der Waals surface area contributed by atoms with Gasteiger partial charge in [-0.25, -0.2) is 13.9 Å². The van der Waals surface area contributed by atoms with E-state index in [1.807, 2.05) is 32.0 Å². The SMILES string of the molecule is CCCc1ccc(C)cc1N1C(=O)CS/C1=N\C(=O)Nc1ccc(COc2ncn(-c3ccc(OC(F)(F)F)cc3)n2)cc1F. The second-order valence-electron chi connectivity index (χ2n) is 9.84. The van der Waals surface area contributed by atoms with Gasteiger partial charge in [0.2, 0.25) is 5.91 Å². The molecule has 1 aliphatic heterocycles. The number of nitrogens with one attached hydrogen (secondary N) is 1. The van der Waals surface area contributed by atoms with E-state index in [0.717, 1.165) is 47.9 Å². The van der Waals surface area contributed by atoms with Crippen molar-refractivity contribution < 1.29 is 36.6 Å². The van der Waals surface area contributed by atoms with Crippen molar-refractivity contribution in [3.63, 3.8) is 0 Å².